The van der Waals surface area contributed by atoms with Crippen molar-refractivity contribution in [3.8, 4) is 6.07 Å². The number of carbonyl (C=O) groups is 1. The highest BCUT2D eigenvalue weighted by Gasteiger charge is 2.21. The van der Waals surface area contributed by atoms with E-state index in [1.54, 1.807) is 20.8 Å². The molecular formula is C8H14N4OS. The average Bonchev–Trinajstić information content (AvgIpc) is 2.03. The smallest absolute Gasteiger partial charge is 0.231 e. The molecule has 0 saturated heterocycles. The number of nitriles is 1. The number of nitrogens with zero attached hydrogens (tertiary/aromatic N) is 1. The number of hydrogen-bond donors (Lipinski definition) is 3. The second-order valence-corrected chi connectivity index (χ2v) is 4.08. The zero-order valence-corrected chi connectivity index (χ0v) is 9.29. The van der Waals surface area contributed by atoms with Crippen LogP contribution in [-0.2, 0) is 4.79 Å². The fourth-order valence-corrected chi connectivity index (χ4v) is 0.651. The maximum Gasteiger partial charge on any atom is 0.231 e. The lowest BCUT2D eigenvalue weighted by atomic mass is 9.96. The lowest BCUT2D eigenvalue weighted by Crippen LogP contribution is -2.49. The second kappa shape index (κ2) is 5.52. The standard InChI is InChI=1S/C8H14N4OS/c1-8(2,3)6(13)11-7(14)12-10-5-4-9/h10H,5H2,1-3H3,(H2,11,12,13,14). The minimum absolute atomic E-state index is 0.117. The Balaban J connectivity index is 3.85. The van der Waals surface area contributed by atoms with Gasteiger partial charge in [-0.3, -0.25) is 10.2 Å². The molecule has 0 rings (SSSR count). The van der Waals surface area contributed by atoms with Gasteiger partial charge in [0, 0.05) is 5.41 Å². The molecule has 6 heteroatoms. The first-order valence-electron chi connectivity index (χ1n) is 4.09. The summed E-state index contributed by atoms with van der Waals surface area (Å²) >= 11 is 4.80. The van der Waals surface area contributed by atoms with Crippen LogP contribution in [0.4, 0.5) is 0 Å². The minimum atomic E-state index is -0.485. The van der Waals surface area contributed by atoms with Gasteiger partial charge in [-0.25, -0.2) is 5.43 Å². The van der Waals surface area contributed by atoms with Gasteiger partial charge in [-0.1, -0.05) is 20.8 Å². The van der Waals surface area contributed by atoms with E-state index in [-0.39, 0.29) is 17.6 Å². The van der Waals surface area contributed by atoms with Gasteiger partial charge in [-0.15, -0.1) is 0 Å². The number of thiocarbonyl (C=S) groups is 1. The summed E-state index contributed by atoms with van der Waals surface area (Å²) in [7, 11) is 0. The Bertz CT molecular complexity index is 263. The summed E-state index contributed by atoms with van der Waals surface area (Å²) in [4.78, 5) is 11.4. The van der Waals surface area contributed by atoms with Crippen LogP contribution in [-0.4, -0.2) is 17.6 Å². The lowest BCUT2D eigenvalue weighted by molar-refractivity contribution is -0.126. The molecule has 0 bridgehead atoms. The van der Waals surface area contributed by atoms with E-state index in [9.17, 15) is 4.79 Å². The van der Waals surface area contributed by atoms with E-state index >= 15 is 0 Å². The monoisotopic (exact) mass is 214 g/mol. The Morgan fingerprint density at radius 3 is 2.50 bits per heavy atom. The number of carbonyl (C=O) groups excluding carboxylic acids is 1. The Hall–Kier alpha value is -1.19. The van der Waals surface area contributed by atoms with Crippen LogP contribution in [0.3, 0.4) is 0 Å². The molecule has 0 radical (unpaired) electrons. The zero-order chi connectivity index (χ0) is 11.2. The number of nitrogens with one attached hydrogen (secondary N) is 3. The van der Waals surface area contributed by atoms with Gasteiger partial charge in [-0.05, 0) is 12.2 Å². The molecule has 0 fully saturated rings. The van der Waals surface area contributed by atoms with Gasteiger partial charge in [0.2, 0.25) is 5.91 Å². The lowest BCUT2D eigenvalue weighted by Gasteiger charge is -2.18. The molecule has 0 aromatic carbocycles. The van der Waals surface area contributed by atoms with Crippen molar-refractivity contribution in [1.29, 1.82) is 5.26 Å². The molecule has 14 heavy (non-hydrogen) atoms. The van der Waals surface area contributed by atoms with E-state index in [0.717, 1.165) is 0 Å². The van der Waals surface area contributed by atoms with E-state index in [2.05, 4.69) is 16.2 Å². The predicted octanol–water partition coefficient (Wildman–Crippen LogP) is 0.0514. The molecule has 0 unspecified atom stereocenters. The summed E-state index contributed by atoms with van der Waals surface area (Å²) in [6, 6.07) is 1.86. The Labute approximate surface area is 88.8 Å². The molecule has 0 atom stereocenters. The highest BCUT2D eigenvalue weighted by molar-refractivity contribution is 7.80. The number of hydrazine groups is 1. The van der Waals surface area contributed by atoms with Gasteiger partial charge in [0.25, 0.3) is 0 Å². The van der Waals surface area contributed by atoms with E-state index in [1.165, 1.54) is 0 Å². The van der Waals surface area contributed by atoms with Crippen LogP contribution in [0.1, 0.15) is 20.8 Å². The quantitative estimate of drug-likeness (QED) is 0.262. The average molecular weight is 214 g/mol. The van der Waals surface area contributed by atoms with Gasteiger partial charge >= 0.3 is 0 Å². The SMILES string of the molecule is CC(C)(C)C(=O)NC(=S)NNCC#N. The van der Waals surface area contributed by atoms with Crippen LogP contribution in [0.5, 0.6) is 0 Å². The largest absolute Gasteiger partial charge is 0.302 e. The van der Waals surface area contributed by atoms with Crippen molar-refractivity contribution in [3.05, 3.63) is 0 Å². The van der Waals surface area contributed by atoms with Crippen molar-refractivity contribution >= 4 is 23.2 Å². The van der Waals surface area contributed by atoms with Gasteiger partial charge < -0.3 is 5.32 Å². The van der Waals surface area contributed by atoms with E-state index < -0.39 is 5.41 Å². The first-order chi connectivity index (χ1) is 6.38. The third-order valence-corrected chi connectivity index (χ3v) is 1.48. The number of hydrogen-bond acceptors (Lipinski definition) is 4. The maximum atomic E-state index is 11.4. The van der Waals surface area contributed by atoms with E-state index in [1.807, 2.05) is 6.07 Å². The molecule has 5 nitrogen and oxygen atoms in total. The van der Waals surface area contributed by atoms with Crippen LogP contribution in [0.2, 0.25) is 0 Å². The summed E-state index contributed by atoms with van der Waals surface area (Å²) in [6.07, 6.45) is 0. The minimum Gasteiger partial charge on any atom is -0.302 e. The normalized spacial score (nSPS) is 10.1. The van der Waals surface area contributed by atoms with E-state index in [0.29, 0.717) is 0 Å². The fraction of sp³-hybridized carbons (Fsp3) is 0.625. The molecule has 0 heterocycles. The highest BCUT2D eigenvalue weighted by Crippen LogP contribution is 2.11. The summed E-state index contributed by atoms with van der Waals surface area (Å²) in [5.41, 5.74) is 4.55. The molecule has 3 N–H and O–H groups in total. The second-order valence-electron chi connectivity index (χ2n) is 3.67. The summed E-state index contributed by atoms with van der Waals surface area (Å²) in [5.74, 6) is -0.172. The van der Waals surface area contributed by atoms with Crippen LogP contribution >= 0.6 is 12.2 Å². The molecule has 78 valence electrons. The molecule has 0 aliphatic heterocycles. The third-order valence-electron chi connectivity index (χ3n) is 1.28. The zero-order valence-electron chi connectivity index (χ0n) is 8.47. The molecule has 1 amide bonds. The highest BCUT2D eigenvalue weighted by atomic mass is 32.1. The molecule has 0 aromatic heterocycles. The van der Waals surface area contributed by atoms with Crippen molar-refractivity contribution in [1.82, 2.24) is 16.2 Å². The molecule has 0 saturated carbocycles. The Kier molecular flexibility index (Phi) is 5.05. The van der Waals surface area contributed by atoms with Crippen LogP contribution < -0.4 is 16.2 Å². The van der Waals surface area contributed by atoms with Gasteiger partial charge in [-0.2, -0.15) is 5.26 Å². The summed E-state index contributed by atoms with van der Waals surface area (Å²) < 4.78 is 0. The van der Waals surface area contributed by atoms with E-state index in [4.69, 9.17) is 17.5 Å². The maximum absolute atomic E-state index is 11.4. The third kappa shape index (κ3) is 5.45. The molecule has 0 aromatic rings. The molecule has 0 aliphatic rings. The van der Waals surface area contributed by atoms with Crippen molar-refractivity contribution in [2.45, 2.75) is 20.8 Å². The van der Waals surface area contributed by atoms with Gasteiger partial charge in [0.1, 0.15) is 6.54 Å². The Morgan fingerprint density at radius 2 is 2.07 bits per heavy atom. The fourth-order valence-electron chi connectivity index (χ4n) is 0.486. The molecular weight excluding hydrogens is 200 g/mol. The first kappa shape index (κ1) is 12.8. The Morgan fingerprint density at radius 1 is 1.50 bits per heavy atom. The van der Waals surface area contributed by atoms with Gasteiger partial charge in [0.15, 0.2) is 5.11 Å². The van der Waals surface area contributed by atoms with Crippen molar-refractivity contribution in [2.24, 2.45) is 5.41 Å². The number of rotatable bonds is 2. The summed E-state index contributed by atoms with van der Waals surface area (Å²) in [5, 5.41) is 10.9. The van der Waals surface area contributed by atoms with Crippen LogP contribution in [0.15, 0.2) is 0 Å². The molecule has 0 spiro atoms. The number of amides is 1. The topological polar surface area (TPSA) is 77.0 Å². The van der Waals surface area contributed by atoms with Crippen molar-refractivity contribution < 1.29 is 4.79 Å². The van der Waals surface area contributed by atoms with Crippen molar-refractivity contribution in [3.63, 3.8) is 0 Å². The van der Waals surface area contributed by atoms with Crippen LogP contribution in [0, 0.1) is 16.7 Å². The van der Waals surface area contributed by atoms with Gasteiger partial charge in [0.05, 0.1) is 6.07 Å². The van der Waals surface area contributed by atoms with Crippen molar-refractivity contribution in [2.75, 3.05) is 6.54 Å². The summed E-state index contributed by atoms with van der Waals surface area (Å²) in [6.45, 7) is 5.47. The van der Waals surface area contributed by atoms with Crippen LogP contribution in [0.25, 0.3) is 0 Å². The first-order valence-corrected chi connectivity index (χ1v) is 4.50. The predicted molar refractivity (Wildman–Crippen MR) is 56.9 cm³/mol. The molecule has 0 aliphatic carbocycles.